The predicted octanol–water partition coefficient (Wildman–Crippen LogP) is 1.36. The maximum Gasteiger partial charge on any atom is 0.118 e. The molecule has 1 aromatic rings. The molecule has 2 fully saturated rings. The van der Waals surface area contributed by atoms with Crippen molar-refractivity contribution in [1.82, 2.24) is 9.80 Å². The molecule has 2 saturated heterocycles. The Morgan fingerprint density at radius 1 is 1.17 bits per heavy atom. The summed E-state index contributed by atoms with van der Waals surface area (Å²) in [4.78, 5) is 5.01. The van der Waals surface area contributed by atoms with E-state index in [1.54, 1.807) is 0 Å². The molecule has 0 aliphatic carbocycles. The summed E-state index contributed by atoms with van der Waals surface area (Å²) in [5.74, 6) is 2.20. The van der Waals surface area contributed by atoms with Gasteiger partial charge in [0.2, 0.25) is 0 Å². The van der Waals surface area contributed by atoms with Gasteiger partial charge in [0.15, 0.2) is 0 Å². The maximum atomic E-state index is 5.74. The van der Waals surface area contributed by atoms with Crippen LogP contribution in [0.25, 0.3) is 0 Å². The van der Waals surface area contributed by atoms with Gasteiger partial charge >= 0.3 is 0 Å². The number of ether oxygens (including phenoxy) is 1. The number of hydrogen-bond acceptors (Lipinski definition) is 4. The van der Waals surface area contributed by atoms with Crippen molar-refractivity contribution in [1.29, 1.82) is 0 Å². The van der Waals surface area contributed by atoms with E-state index in [-0.39, 0.29) is 0 Å². The van der Waals surface area contributed by atoms with Crippen LogP contribution in [0.3, 0.4) is 0 Å². The Kier molecular flexibility index (Phi) is 3.68. The quantitative estimate of drug-likeness (QED) is 0.807. The van der Waals surface area contributed by atoms with Gasteiger partial charge in [0.25, 0.3) is 0 Å². The van der Waals surface area contributed by atoms with Crippen LogP contribution in [0.15, 0.2) is 16.5 Å². The Morgan fingerprint density at radius 3 is 2.56 bits per heavy atom. The van der Waals surface area contributed by atoms with Gasteiger partial charge in [-0.15, -0.1) is 0 Å². The minimum Gasteiger partial charge on any atom is -0.465 e. The smallest absolute Gasteiger partial charge is 0.118 e. The zero-order chi connectivity index (χ0) is 12.4. The SMILES string of the molecule is CCc1ccc(CN2CC(N3CCOCC3)C2)o1. The molecule has 0 N–H and O–H groups in total. The Bertz CT molecular complexity index is 379. The van der Waals surface area contributed by atoms with Crippen LogP contribution in [0.2, 0.25) is 0 Å². The van der Waals surface area contributed by atoms with Crippen LogP contribution in [-0.2, 0) is 17.7 Å². The molecular weight excluding hydrogens is 228 g/mol. The number of aryl methyl sites for hydroxylation is 1. The number of rotatable bonds is 4. The lowest BCUT2D eigenvalue weighted by molar-refractivity contribution is -0.0360. The van der Waals surface area contributed by atoms with Crippen molar-refractivity contribution >= 4 is 0 Å². The summed E-state index contributed by atoms with van der Waals surface area (Å²) in [5, 5.41) is 0. The molecule has 100 valence electrons. The molecule has 4 heteroatoms. The topological polar surface area (TPSA) is 28.9 Å². The molecule has 18 heavy (non-hydrogen) atoms. The van der Waals surface area contributed by atoms with Gasteiger partial charge in [-0.25, -0.2) is 0 Å². The lowest BCUT2D eigenvalue weighted by Crippen LogP contribution is -2.60. The molecule has 4 nitrogen and oxygen atoms in total. The molecule has 0 unspecified atom stereocenters. The highest BCUT2D eigenvalue weighted by atomic mass is 16.5. The van der Waals surface area contributed by atoms with E-state index >= 15 is 0 Å². The third-order valence-electron chi connectivity index (χ3n) is 3.95. The van der Waals surface area contributed by atoms with E-state index in [9.17, 15) is 0 Å². The number of hydrogen-bond donors (Lipinski definition) is 0. The van der Waals surface area contributed by atoms with Crippen LogP contribution >= 0.6 is 0 Å². The van der Waals surface area contributed by atoms with E-state index < -0.39 is 0 Å². The average Bonchev–Trinajstić information content (AvgIpc) is 2.82. The Morgan fingerprint density at radius 2 is 1.89 bits per heavy atom. The molecule has 3 rings (SSSR count). The third kappa shape index (κ3) is 2.60. The predicted molar refractivity (Wildman–Crippen MR) is 69.5 cm³/mol. The first-order valence-corrected chi connectivity index (χ1v) is 6.97. The lowest BCUT2D eigenvalue weighted by atomic mass is 10.1. The van der Waals surface area contributed by atoms with Crippen LogP contribution in [0, 0.1) is 0 Å². The van der Waals surface area contributed by atoms with Gasteiger partial charge in [0.05, 0.1) is 19.8 Å². The Labute approximate surface area is 108 Å². The first kappa shape index (κ1) is 12.2. The molecule has 0 atom stereocenters. The summed E-state index contributed by atoms with van der Waals surface area (Å²) in [6.07, 6.45) is 0.983. The highest BCUT2D eigenvalue weighted by molar-refractivity contribution is 5.07. The van der Waals surface area contributed by atoms with E-state index in [0.717, 1.165) is 56.8 Å². The van der Waals surface area contributed by atoms with Crippen molar-refractivity contribution in [3.05, 3.63) is 23.7 Å². The van der Waals surface area contributed by atoms with Crippen LogP contribution in [-0.4, -0.2) is 55.2 Å². The van der Waals surface area contributed by atoms with Crippen LogP contribution in [0.4, 0.5) is 0 Å². The molecule has 3 heterocycles. The fourth-order valence-corrected chi connectivity index (χ4v) is 2.76. The second-order valence-corrected chi connectivity index (χ2v) is 5.22. The van der Waals surface area contributed by atoms with Crippen molar-refractivity contribution < 1.29 is 9.15 Å². The molecule has 2 aliphatic rings. The number of furan rings is 1. The van der Waals surface area contributed by atoms with E-state index in [1.807, 2.05) is 0 Å². The van der Waals surface area contributed by atoms with Crippen LogP contribution < -0.4 is 0 Å². The highest BCUT2D eigenvalue weighted by Gasteiger charge is 2.32. The zero-order valence-electron chi connectivity index (χ0n) is 11.1. The standard InChI is InChI=1S/C14H22N2O2/c1-2-13-3-4-14(18-13)11-15-9-12(10-15)16-5-7-17-8-6-16/h3-4,12H,2,5-11H2,1H3. The Balaban J connectivity index is 1.44. The Hall–Kier alpha value is -0.840. The lowest BCUT2D eigenvalue weighted by Gasteiger charge is -2.46. The molecule has 0 aromatic carbocycles. The molecule has 0 saturated carbocycles. The molecule has 1 aromatic heterocycles. The minimum absolute atomic E-state index is 0.731. The normalized spacial score (nSPS) is 23.2. The number of likely N-dealkylation sites (tertiary alicyclic amines) is 1. The van der Waals surface area contributed by atoms with Gasteiger partial charge in [-0.1, -0.05) is 6.92 Å². The largest absolute Gasteiger partial charge is 0.465 e. The van der Waals surface area contributed by atoms with E-state index in [1.165, 1.54) is 13.1 Å². The molecule has 0 amide bonds. The van der Waals surface area contributed by atoms with Crippen molar-refractivity contribution in [3.63, 3.8) is 0 Å². The van der Waals surface area contributed by atoms with Crippen molar-refractivity contribution in [2.24, 2.45) is 0 Å². The summed E-state index contributed by atoms with van der Waals surface area (Å²) in [7, 11) is 0. The third-order valence-corrected chi connectivity index (χ3v) is 3.95. The molecule has 2 aliphatic heterocycles. The second kappa shape index (κ2) is 5.43. The first-order chi connectivity index (χ1) is 8.85. The van der Waals surface area contributed by atoms with E-state index in [2.05, 4.69) is 28.9 Å². The summed E-state index contributed by atoms with van der Waals surface area (Å²) in [6, 6.07) is 4.93. The summed E-state index contributed by atoms with van der Waals surface area (Å²) in [6.45, 7) is 9.41. The van der Waals surface area contributed by atoms with Crippen molar-refractivity contribution in [2.75, 3.05) is 39.4 Å². The summed E-state index contributed by atoms with van der Waals surface area (Å²) >= 11 is 0. The number of morpholine rings is 1. The fraction of sp³-hybridized carbons (Fsp3) is 0.714. The van der Waals surface area contributed by atoms with Gasteiger partial charge < -0.3 is 9.15 Å². The molecule has 0 spiro atoms. The highest BCUT2D eigenvalue weighted by Crippen LogP contribution is 2.20. The monoisotopic (exact) mass is 250 g/mol. The maximum absolute atomic E-state index is 5.74. The molecular formula is C14H22N2O2. The summed E-state index contributed by atoms with van der Waals surface area (Å²) < 4.78 is 11.1. The summed E-state index contributed by atoms with van der Waals surface area (Å²) in [5.41, 5.74) is 0. The van der Waals surface area contributed by atoms with Gasteiger partial charge in [0, 0.05) is 38.6 Å². The molecule has 0 bridgehead atoms. The van der Waals surface area contributed by atoms with Gasteiger partial charge in [-0.2, -0.15) is 0 Å². The second-order valence-electron chi connectivity index (χ2n) is 5.22. The van der Waals surface area contributed by atoms with Gasteiger partial charge in [-0.05, 0) is 12.1 Å². The van der Waals surface area contributed by atoms with Crippen LogP contribution in [0.1, 0.15) is 18.4 Å². The molecule has 0 radical (unpaired) electrons. The average molecular weight is 250 g/mol. The van der Waals surface area contributed by atoms with Gasteiger partial charge in [0.1, 0.15) is 11.5 Å². The van der Waals surface area contributed by atoms with E-state index in [4.69, 9.17) is 9.15 Å². The minimum atomic E-state index is 0.731. The zero-order valence-corrected chi connectivity index (χ0v) is 11.1. The van der Waals surface area contributed by atoms with Gasteiger partial charge in [-0.3, -0.25) is 9.80 Å². The fourth-order valence-electron chi connectivity index (χ4n) is 2.76. The van der Waals surface area contributed by atoms with Crippen molar-refractivity contribution in [3.8, 4) is 0 Å². The van der Waals surface area contributed by atoms with E-state index in [0.29, 0.717) is 0 Å². The van der Waals surface area contributed by atoms with Crippen LogP contribution in [0.5, 0.6) is 0 Å². The first-order valence-electron chi connectivity index (χ1n) is 6.97. The van der Waals surface area contributed by atoms with Crippen molar-refractivity contribution in [2.45, 2.75) is 25.9 Å². The number of nitrogens with zero attached hydrogens (tertiary/aromatic N) is 2.